The highest BCUT2D eigenvalue weighted by Crippen LogP contribution is 2.46. The van der Waals surface area contributed by atoms with Gasteiger partial charge in [-0.3, -0.25) is 4.90 Å². The molecule has 5 nitrogen and oxygen atoms in total. The summed E-state index contributed by atoms with van der Waals surface area (Å²) in [5.41, 5.74) is 3.93. The first-order valence-electron chi connectivity index (χ1n) is 12.1. The van der Waals surface area contributed by atoms with Crippen LogP contribution in [0.15, 0.2) is 36.4 Å². The molecule has 176 valence electrons. The lowest BCUT2D eigenvalue weighted by Gasteiger charge is -2.44. The van der Waals surface area contributed by atoms with Crippen molar-refractivity contribution in [1.29, 1.82) is 0 Å². The first-order valence-corrected chi connectivity index (χ1v) is 12.1. The molecule has 2 aromatic rings. The maximum absolute atomic E-state index is 14.4. The number of alkyl carbamates (subject to hydrolysis) is 1. The van der Waals surface area contributed by atoms with E-state index in [-0.39, 0.29) is 35.2 Å². The molecule has 2 aromatic carbocycles. The van der Waals surface area contributed by atoms with Gasteiger partial charge < -0.3 is 14.8 Å². The van der Waals surface area contributed by atoms with Crippen LogP contribution < -0.4 is 10.1 Å². The second-order valence-electron chi connectivity index (χ2n) is 10.3. The Morgan fingerprint density at radius 2 is 1.88 bits per heavy atom. The van der Waals surface area contributed by atoms with Gasteiger partial charge in [-0.25, -0.2) is 9.18 Å². The van der Waals surface area contributed by atoms with Crippen LogP contribution in [-0.4, -0.2) is 43.3 Å². The van der Waals surface area contributed by atoms with E-state index in [0.717, 1.165) is 55.6 Å². The van der Waals surface area contributed by atoms with Gasteiger partial charge in [-0.05, 0) is 85.0 Å². The number of ether oxygens (including phenoxy) is 2. The third-order valence-electron chi connectivity index (χ3n) is 7.56. The van der Waals surface area contributed by atoms with Gasteiger partial charge in [-0.15, -0.1) is 0 Å². The minimum absolute atomic E-state index is 0.00609. The van der Waals surface area contributed by atoms with Gasteiger partial charge in [0.1, 0.15) is 6.10 Å². The average Bonchev–Trinajstić information content (AvgIpc) is 3.04. The Balaban J connectivity index is 1.32. The Morgan fingerprint density at radius 3 is 2.55 bits per heavy atom. The van der Waals surface area contributed by atoms with Crippen LogP contribution in [0.5, 0.6) is 5.75 Å². The molecule has 3 heterocycles. The number of piperidine rings is 3. The molecule has 6 heteroatoms. The Hall–Kier alpha value is -2.60. The SMILES string of the molecule is CCOc1ccc(-c2ccc3c(c2)CC(C)(C)[C@H]3NC(=O)O[C@@H]2CN3CCC2CC3)cc1F. The van der Waals surface area contributed by atoms with Crippen molar-refractivity contribution in [1.82, 2.24) is 10.2 Å². The fraction of sp³-hybridized carbons (Fsp3) is 0.519. The van der Waals surface area contributed by atoms with Crippen molar-refractivity contribution in [2.75, 3.05) is 26.2 Å². The molecule has 3 fully saturated rings. The van der Waals surface area contributed by atoms with Crippen molar-refractivity contribution in [3.8, 4) is 16.9 Å². The van der Waals surface area contributed by atoms with Crippen LogP contribution in [0.3, 0.4) is 0 Å². The van der Waals surface area contributed by atoms with E-state index in [4.69, 9.17) is 9.47 Å². The molecule has 0 saturated carbocycles. The molecule has 3 saturated heterocycles. The lowest BCUT2D eigenvalue weighted by molar-refractivity contribution is -0.0348. The fourth-order valence-electron chi connectivity index (χ4n) is 5.79. The number of halogens is 1. The van der Waals surface area contributed by atoms with Gasteiger partial charge in [-0.2, -0.15) is 0 Å². The van der Waals surface area contributed by atoms with E-state index in [0.29, 0.717) is 12.5 Å². The van der Waals surface area contributed by atoms with E-state index in [1.54, 1.807) is 6.07 Å². The summed E-state index contributed by atoms with van der Waals surface area (Å²) in [6, 6.07) is 11.2. The highest BCUT2D eigenvalue weighted by Gasteiger charge is 2.42. The van der Waals surface area contributed by atoms with E-state index in [9.17, 15) is 9.18 Å². The molecule has 0 radical (unpaired) electrons. The van der Waals surface area contributed by atoms with Crippen LogP contribution in [0.1, 0.15) is 50.8 Å². The lowest BCUT2D eigenvalue weighted by Crippen LogP contribution is -2.53. The standard InChI is InChI=1S/C27H33FN2O3/c1-4-32-23-8-6-19(14-22(23)28)18-5-7-21-20(13-18)15-27(2,3)25(21)29-26(31)33-24-16-30-11-9-17(24)10-12-30/h5-8,13-14,17,24-25H,4,9-12,15-16H2,1-3H3,(H,29,31)/t24-,25+/m1/s1. The van der Waals surface area contributed by atoms with Crippen molar-refractivity contribution < 1.29 is 18.7 Å². The second-order valence-corrected chi connectivity index (χ2v) is 10.3. The molecule has 33 heavy (non-hydrogen) atoms. The number of hydrogen-bond donors (Lipinski definition) is 1. The topological polar surface area (TPSA) is 50.8 Å². The van der Waals surface area contributed by atoms with E-state index in [1.807, 2.05) is 19.1 Å². The summed E-state index contributed by atoms with van der Waals surface area (Å²) in [6.45, 7) is 9.70. The molecule has 2 bridgehead atoms. The normalized spacial score (nSPS) is 27.2. The molecule has 0 aromatic heterocycles. The van der Waals surface area contributed by atoms with Gasteiger partial charge in [0.2, 0.25) is 0 Å². The Bertz CT molecular complexity index is 1050. The monoisotopic (exact) mass is 452 g/mol. The van der Waals surface area contributed by atoms with Gasteiger partial charge in [0.25, 0.3) is 0 Å². The molecule has 0 unspecified atom stereocenters. The van der Waals surface area contributed by atoms with E-state index in [1.165, 1.54) is 11.6 Å². The third kappa shape index (κ3) is 4.33. The molecule has 6 rings (SSSR count). The Morgan fingerprint density at radius 1 is 1.15 bits per heavy atom. The van der Waals surface area contributed by atoms with Crippen LogP contribution >= 0.6 is 0 Å². The Kier molecular flexibility index (Phi) is 5.81. The van der Waals surface area contributed by atoms with Gasteiger partial charge in [0.05, 0.1) is 12.6 Å². The molecule has 1 amide bonds. The van der Waals surface area contributed by atoms with Gasteiger partial charge in [0.15, 0.2) is 11.6 Å². The van der Waals surface area contributed by atoms with Gasteiger partial charge >= 0.3 is 6.09 Å². The first-order chi connectivity index (χ1) is 15.8. The molecule has 3 aliphatic heterocycles. The number of carbonyl (C=O) groups excluding carboxylic acids is 1. The quantitative estimate of drug-likeness (QED) is 0.666. The molecule has 1 aliphatic carbocycles. The number of nitrogens with zero attached hydrogens (tertiary/aromatic N) is 1. The molecule has 2 atom stereocenters. The zero-order valence-electron chi connectivity index (χ0n) is 19.7. The molecule has 4 aliphatic rings. The maximum Gasteiger partial charge on any atom is 0.407 e. The summed E-state index contributed by atoms with van der Waals surface area (Å²) in [4.78, 5) is 15.2. The zero-order chi connectivity index (χ0) is 23.2. The average molecular weight is 453 g/mol. The molecule has 1 N–H and O–H groups in total. The van der Waals surface area contributed by atoms with Crippen molar-refractivity contribution in [3.05, 3.63) is 53.3 Å². The van der Waals surface area contributed by atoms with Crippen molar-refractivity contribution in [3.63, 3.8) is 0 Å². The van der Waals surface area contributed by atoms with Crippen LogP contribution in [0.4, 0.5) is 9.18 Å². The summed E-state index contributed by atoms with van der Waals surface area (Å²) in [5.74, 6) is 0.404. The number of benzene rings is 2. The minimum atomic E-state index is -0.356. The van der Waals surface area contributed by atoms with Crippen molar-refractivity contribution in [2.45, 2.75) is 52.2 Å². The summed E-state index contributed by atoms with van der Waals surface area (Å²) in [6.07, 6.45) is 2.74. The number of fused-ring (bicyclic) bond motifs is 4. The predicted molar refractivity (Wildman–Crippen MR) is 126 cm³/mol. The van der Waals surface area contributed by atoms with Crippen LogP contribution in [0, 0.1) is 17.2 Å². The maximum atomic E-state index is 14.4. The number of hydrogen-bond acceptors (Lipinski definition) is 4. The van der Waals surface area contributed by atoms with Gasteiger partial charge in [-0.1, -0.05) is 38.1 Å². The molecular formula is C27H33FN2O3. The summed E-state index contributed by atoms with van der Waals surface area (Å²) < 4.78 is 25.6. The predicted octanol–water partition coefficient (Wildman–Crippen LogP) is 5.34. The van der Waals surface area contributed by atoms with E-state index >= 15 is 0 Å². The van der Waals surface area contributed by atoms with Crippen molar-refractivity contribution in [2.24, 2.45) is 11.3 Å². The first kappa shape index (κ1) is 22.2. The largest absolute Gasteiger partial charge is 0.491 e. The summed E-state index contributed by atoms with van der Waals surface area (Å²) in [5, 5.41) is 3.17. The molecule has 0 spiro atoms. The molecular weight excluding hydrogens is 419 g/mol. The summed E-state index contributed by atoms with van der Waals surface area (Å²) >= 11 is 0. The highest BCUT2D eigenvalue weighted by molar-refractivity contribution is 5.70. The van der Waals surface area contributed by atoms with Gasteiger partial charge in [0, 0.05) is 6.54 Å². The Labute approximate surface area is 195 Å². The van der Waals surface area contributed by atoms with Crippen LogP contribution in [-0.2, 0) is 11.2 Å². The second kappa shape index (κ2) is 8.64. The zero-order valence-corrected chi connectivity index (χ0v) is 19.7. The summed E-state index contributed by atoms with van der Waals surface area (Å²) in [7, 11) is 0. The number of amides is 1. The van der Waals surface area contributed by atoms with Crippen LogP contribution in [0.2, 0.25) is 0 Å². The van der Waals surface area contributed by atoms with Crippen molar-refractivity contribution >= 4 is 6.09 Å². The fourth-order valence-corrected chi connectivity index (χ4v) is 5.79. The number of nitrogens with one attached hydrogen (secondary N) is 1. The minimum Gasteiger partial charge on any atom is -0.491 e. The smallest absolute Gasteiger partial charge is 0.407 e. The third-order valence-corrected chi connectivity index (χ3v) is 7.56. The van der Waals surface area contributed by atoms with E-state index in [2.05, 4.69) is 36.2 Å². The lowest BCUT2D eigenvalue weighted by atomic mass is 9.85. The number of rotatable bonds is 5. The van der Waals surface area contributed by atoms with E-state index < -0.39 is 0 Å². The van der Waals surface area contributed by atoms with Crippen LogP contribution in [0.25, 0.3) is 11.1 Å². The number of carbonyl (C=O) groups is 1. The highest BCUT2D eigenvalue weighted by atomic mass is 19.1.